The Morgan fingerprint density at radius 3 is 1.61 bits per heavy atom. The average Bonchev–Trinajstić information content (AvgIpc) is 3.98. The fourth-order valence-electron chi connectivity index (χ4n) is 11.2. The number of anilines is 6. The summed E-state index contributed by atoms with van der Waals surface area (Å²) in [4.78, 5) is 5.14. The van der Waals surface area contributed by atoms with Crippen LogP contribution in [0.25, 0.3) is 30.9 Å². The van der Waals surface area contributed by atoms with Crippen molar-refractivity contribution in [2.45, 2.75) is 31.1 Å². The molecule has 1 aromatic heterocycles. The van der Waals surface area contributed by atoms with Crippen LogP contribution < -0.4 is 9.80 Å². The number of rotatable bonds is 6. The van der Waals surface area contributed by atoms with Gasteiger partial charge in [0.15, 0.2) is 0 Å². The number of para-hydroxylation sites is 2. The van der Waals surface area contributed by atoms with Crippen molar-refractivity contribution in [3.05, 3.63) is 204 Å². The largest absolute Gasteiger partial charge is 0.310 e. The van der Waals surface area contributed by atoms with Crippen LogP contribution in [0.1, 0.15) is 35.1 Å². The molecule has 0 amide bonds. The summed E-state index contributed by atoms with van der Waals surface area (Å²) in [5.74, 6) is 1.09. The predicted octanol–water partition coefficient (Wildman–Crippen LogP) is 14.6. The maximum Gasteiger partial charge on any atom is 0.0505 e. The lowest BCUT2D eigenvalue weighted by Crippen LogP contribution is -2.34. The Balaban J connectivity index is 1.11. The quantitative estimate of drug-likeness (QED) is 0.168. The summed E-state index contributed by atoms with van der Waals surface area (Å²) >= 11 is 1.90. The zero-order valence-corrected chi connectivity index (χ0v) is 31.9. The minimum Gasteiger partial charge on any atom is -0.310 e. The third kappa shape index (κ3) is 4.61. The topological polar surface area (TPSA) is 6.48 Å². The number of hydrogen-bond acceptors (Lipinski definition) is 3. The van der Waals surface area contributed by atoms with E-state index in [1.807, 2.05) is 11.3 Å². The van der Waals surface area contributed by atoms with Gasteiger partial charge < -0.3 is 9.80 Å². The van der Waals surface area contributed by atoms with Crippen LogP contribution in [0.3, 0.4) is 0 Å². The molecule has 3 atom stereocenters. The third-order valence-corrected chi connectivity index (χ3v) is 14.4. The standard InChI is InChI=1S/C53H40N2S/c1-3-17-41(18-4-1)54(43-28-25-35-13-7-8-14-36(35)33-43)47-22-11-15-37-31-39-26-27-40-32-38-16-12-23-48(52(38)53(39,40)51(37)47)55(42-19-5-2-6-20-42)44-29-30-46-45-21-9-10-24-49(45)56-50(46)34-44/h1-25,28-30,33-34,39-40H,26-27,31-32H2. The van der Waals surface area contributed by atoms with Crippen LogP contribution in [0, 0.1) is 11.8 Å². The number of nitrogens with zero attached hydrogens (tertiary/aromatic N) is 2. The van der Waals surface area contributed by atoms with E-state index in [4.69, 9.17) is 0 Å². The molecule has 1 spiro atoms. The van der Waals surface area contributed by atoms with Crippen molar-refractivity contribution in [3.63, 3.8) is 0 Å². The van der Waals surface area contributed by atoms with E-state index in [0.717, 1.165) is 12.8 Å². The molecule has 1 saturated carbocycles. The van der Waals surface area contributed by atoms with E-state index >= 15 is 0 Å². The van der Waals surface area contributed by atoms with Crippen LogP contribution in [-0.2, 0) is 18.3 Å². The molecule has 0 radical (unpaired) electrons. The lowest BCUT2D eigenvalue weighted by molar-refractivity contribution is 0.350. The minimum atomic E-state index is -0.101. The summed E-state index contributed by atoms with van der Waals surface area (Å²) in [5.41, 5.74) is 13.5. The van der Waals surface area contributed by atoms with Crippen LogP contribution in [-0.4, -0.2) is 0 Å². The number of hydrogen-bond donors (Lipinski definition) is 0. The molecule has 9 aromatic rings. The van der Waals surface area contributed by atoms with Gasteiger partial charge in [-0.05, 0) is 137 Å². The van der Waals surface area contributed by atoms with Crippen molar-refractivity contribution in [3.8, 4) is 0 Å². The highest BCUT2D eigenvalue weighted by atomic mass is 32.1. The van der Waals surface area contributed by atoms with Crippen molar-refractivity contribution >= 4 is 76.4 Å². The summed E-state index contributed by atoms with van der Waals surface area (Å²) in [5, 5.41) is 5.20. The molecular formula is C53H40N2S. The van der Waals surface area contributed by atoms with Gasteiger partial charge in [0.1, 0.15) is 0 Å². The van der Waals surface area contributed by atoms with Gasteiger partial charge in [-0.3, -0.25) is 0 Å². The van der Waals surface area contributed by atoms with Crippen LogP contribution in [0.2, 0.25) is 0 Å². The normalized spacial score (nSPS) is 19.2. The first-order valence-electron chi connectivity index (χ1n) is 20.1. The minimum absolute atomic E-state index is 0.101. The number of thiophene rings is 1. The second-order valence-electron chi connectivity index (χ2n) is 16.0. The molecule has 2 nitrogen and oxygen atoms in total. The summed E-state index contributed by atoms with van der Waals surface area (Å²) in [7, 11) is 0. The van der Waals surface area contributed by atoms with Gasteiger partial charge in [0, 0.05) is 48.3 Å². The highest BCUT2D eigenvalue weighted by Crippen LogP contribution is 2.68. The summed E-state index contributed by atoms with van der Waals surface area (Å²) in [6, 6.07) is 68.2. The molecule has 3 unspecified atom stereocenters. The van der Waals surface area contributed by atoms with Crippen molar-refractivity contribution in [1.29, 1.82) is 0 Å². The Morgan fingerprint density at radius 1 is 0.411 bits per heavy atom. The van der Waals surface area contributed by atoms with Gasteiger partial charge in [-0.15, -0.1) is 11.3 Å². The van der Waals surface area contributed by atoms with Gasteiger partial charge in [-0.1, -0.05) is 115 Å². The summed E-state index contributed by atoms with van der Waals surface area (Å²) in [6.07, 6.45) is 4.75. The molecule has 12 rings (SSSR count). The van der Waals surface area contributed by atoms with Gasteiger partial charge >= 0.3 is 0 Å². The van der Waals surface area contributed by atoms with Gasteiger partial charge in [0.05, 0.1) is 11.4 Å². The van der Waals surface area contributed by atoms with E-state index in [1.165, 1.54) is 89.0 Å². The van der Waals surface area contributed by atoms with Crippen LogP contribution in [0.5, 0.6) is 0 Å². The van der Waals surface area contributed by atoms with E-state index in [0.29, 0.717) is 11.8 Å². The lowest BCUT2D eigenvalue weighted by atomic mass is 9.68. The van der Waals surface area contributed by atoms with Gasteiger partial charge in [0.25, 0.3) is 0 Å². The molecule has 56 heavy (non-hydrogen) atoms. The molecule has 0 saturated heterocycles. The monoisotopic (exact) mass is 736 g/mol. The Labute approximate surface area is 331 Å². The molecule has 0 aliphatic heterocycles. The Bertz CT molecular complexity index is 2960. The first-order chi connectivity index (χ1) is 27.8. The van der Waals surface area contributed by atoms with E-state index in [9.17, 15) is 0 Å². The second-order valence-corrected chi connectivity index (χ2v) is 17.1. The molecule has 268 valence electrons. The molecule has 8 aromatic carbocycles. The molecular weight excluding hydrogens is 697 g/mol. The SMILES string of the molecule is c1ccc(N(c2ccc3ccccc3c2)c2cccc3c2C24c5c(cccc5N(c5ccccc5)c5ccc6c(c5)sc5ccccc56)CC2CCC4C3)cc1. The van der Waals surface area contributed by atoms with E-state index in [2.05, 4.69) is 192 Å². The number of fused-ring (bicyclic) bond motifs is 6. The molecule has 1 heterocycles. The van der Waals surface area contributed by atoms with Gasteiger partial charge in [-0.25, -0.2) is 0 Å². The molecule has 1 fully saturated rings. The van der Waals surface area contributed by atoms with Crippen molar-refractivity contribution < 1.29 is 0 Å². The smallest absolute Gasteiger partial charge is 0.0505 e. The van der Waals surface area contributed by atoms with Crippen molar-refractivity contribution in [2.75, 3.05) is 9.80 Å². The van der Waals surface area contributed by atoms with Crippen LogP contribution in [0.4, 0.5) is 34.1 Å². The zero-order chi connectivity index (χ0) is 36.8. The van der Waals surface area contributed by atoms with E-state index in [1.54, 1.807) is 11.1 Å². The Kier molecular flexibility index (Phi) is 7.13. The van der Waals surface area contributed by atoms with Crippen molar-refractivity contribution in [1.82, 2.24) is 0 Å². The maximum absolute atomic E-state index is 2.58. The molecule has 3 aliphatic carbocycles. The van der Waals surface area contributed by atoms with Crippen LogP contribution >= 0.6 is 11.3 Å². The molecule has 0 bridgehead atoms. The molecule has 3 aliphatic rings. The predicted molar refractivity (Wildman–Crippen MR) is 237 cm³/mol. The van der Waals surface area contributed by atoms with Crippen molar-refractivity contribution in [2.24, 2.45) is 11.8 Å². The molecule has 3 heteroatoms. The Morgan fingerprint density at radius 2 is 0.946 bits per heavy atom. The molecule has 0 N–H and O–H groups in total. The van der Waals surface area contributed by atoms with Gasteiger partial charge in [-0.2, -0.15) is 0 Å². The van der Waals surface area contributed by atoms with Gasteiger partial charge in [0.2, 0.25) is 0 Å². The lowest BCUT2D eigenvalue weighted by Gasteiger charge is -2.40. The highest BCUT2D eigenvalue weighted by molar-refractivity contribution is 7.25. The average molecular weight is 737 g/mol. The highest BCUT2D eigenvalue weighted by Gasteiger charge is 2.62. The van der Waals surface area contributed by atoms with Crippen LogP contribution in [0.15, 0.2) is 182 Å². The van der Waals surface area contributed by atoms with E-state index < -0.39 is 0 Å². The second kappa shape index (κ2) is 12.4. The number of benzene rings is 8. The summed E-state index contributed by atoms with van der Waals surface area (Å²) < 4.78 is 2.67. The first-order valence-corrected chi connectivity index (χ1v) is 20.9. The fraction of sp³-hybridized carbons (Fsp3) is 0.132. The van der Waals surface area contributed by atoms with E-state index in [-0.39, 0.29) is 5.41 Å². The maximum atomic E-state index is 2.58. The first kappa shape index (κ1) is 32.1. The fourth-order valence-corrected chi connectivity index (χ4v) is 12.3. The zero-order valence-electron chi connectivity index (χ0n) is 31.1. The Hall–Kier alpha value is -6.16. The third-order valence-electron chi connectivity index (χ3n) is 13.3. The summed E-state index contributed by atoms with van der Waals surface area (Å²) in [6.45, 7) is 0.